The van der Waals surface area contributed by atoms with Crippen LogP contribution in [0.4, 0.5) is 0 Å². The van der Waals surface area contributed by atoms with E-state index in [2.05, 4.69) is 31.2 Å². The monoisotopic (exact) mass is 368 g/mol. The van der Waals surface area contributed by atoms with Crippen molar-refractivity contribution in [3.63, 3.8) is 0 Å². The van der Waals surface area contributed by atoms with Crippen LogP contribution in [0.3, 0.4) is 0 Å². The van der Waals surface area contributed by atoms with Gasteiger partial charge < -0.3 is 14.2 Å². The van der Waals surface area contributed by atoms with E-state index in [1.54, 1.807) is 6.07 Å². The van der Waals surface area contributed by atoms with Gasteiger partial charge in [0, 0.05) is 31.7 Å². The molecule has 0 spiro atoms. The number of nitrogens with zero attached hydrogens (tertiary/aromatic N) is 2. The molecule has 5 heteroatoms. The largest absolute Gasteiger partial charge is 0.464 e. The molecule has 1 fully saturated rings. The molecule has 0 aliphatic carbocycles. The highest BCUT2D eigenvalue weighted by molar-refractivity contribution is 5.87. The zero-order chi connectivity index (χ0) is 19.2. The first-order valence-electron chi connectivity index (χ1n) is 9.73. The quantitative estimate of drug-likeness (QED) is 0.732. The predicted octanol–water partition coefficient (Wildman–Crippen LogP) is 3.63. The molecule has 144 valence electrons. The van der Waals surface area contributed by atoms with Gasteiger partial charge in [-0.15, -0.1) is 0 Å². The summed E-state index contributed by atoms with van der Waals surface area (Å²) in [5, 5.41) is 0. The molecule has 0 saturated carbocycles. The number of carbonyl (C=O) groups excluding carboxylic acids is 2. The normalized spacial score (nSPS) is 15.0. The first kappa shape index (κ1) is 19.2. The number of esters is 1. The summed E-state index contributed by atoms with van der Waals surface area (Å²) in [6.45, 7) is 3.61. The molecule has 1 amide bonds. The van der Waals surface area contributed by atoms with Crippen LogP contribution in [0.2, 0.25) is 0 Å². The Morgan fingerprint density at radius 1 is 1.07 bits per heavy atom. The van der Waals surface area contributed by atoms with E-state index >= 15 is 0 Å². The highest BCUT2D eigenvalue weighted by Gasteiger charge is 2.25. The van der Waals surface area contributed by atoms with E-state index in [1.165, 1.54) is 18.2 Å². The molecule has 0 atom stereocenters. The van der Waals surface area contributed by atoms with Gasteiger partial charge in [0.05, 0.1) is 7.11 Å². The fraction of sp³-hybridized carbons (Fsp3) is 0.455. The Kier molecular flexibility index (Phi) is 6.32. The molecule has 3 rings (SSSR count). The Balaban J connectivity index is 1.50. The predicted molar refractivity (Wildman–Crippen MR) is 105 cm³/mol. The number of amides is 1. The number of methoxy groups -OCH3 is 1. The number of likely N-dealkylation sites (tertiary alicyclic amines) is 1. The number of ether oxygens (including phenoxy) is 1. The second-order valence-electron chi connectivity index (χ2n) is 7.07. The second kappa shape index (κ2) is 8.89. The molecule has 2 heterocycles. The van der Waals surface area contributed by atoms with Gasteiger partial charge in [-0.05, 0) is 48.9 Å². The van der Waals surface area contributed by atoms with Crippen molar-refractivity contribution in [3.8, 4) is 0 Å². The van der Waals surface area contributed by atoms with Crippen molar-refractivity contribution in [1.82, 2.24) is 9.47 Å². The summed E-state index contributed by atoms with van der Waals surface area (Å²) in [5.41, 5.74) is 3.12. The molecule has 1 aromatic heterocycles. The molecule has 0 bridgehead atoms. The standard InChI is InChI=1S/C22H28N2O3/c1-3-17-6-8-18(9-7-17)10-11-21(25)23-15-12-19(13-16-23)24-14-4-5-20(24)22(26)27-2/h4-9,14,19H,3,10-13,15-16H2,1-2H3. The lowest BCUT2D eigenvalue weighted by Crippen LogP contribution is -2.39. The van der Waals surface area contributed by atoms with E-state index in [0.29, 0.717) is 12.1 Å². The Morgan fingerprint density at radius 3 is 2.37 bits per heavy atom. The lowest BCUT2D eigenvalue weighted by atomic mass is 10.0. The van der Waals surface area contributed by atoms with Crippen LogP contribution in [0.15, 0.2) is 42.6 Å². The summed E-state index contributed by atoms with van der Waals surface area (Å²) in [6, 6.07) is 12.4. The van der Waals surface area contributed by atoms with Crippen molar-refractivity contribution in [2.45, 2.75) is 45.1 Å². The molecule has 1 aliphatic heterocycles. The Bertz CT molecular complexity index is 771. The van der Waals surface area contributed by atoms with Gasteiger partial charge in [-0.3, -0.25) is 4.79 Å². The SMILES string of the molecule is CCc1ccc(CCC(=O)N2CCC(n3cccc3C(=O)OC)CC2)cc1. The van der Waals surface area contributed by atoms with Crippen molar-refractivity contribution in [2.75, 3.05) is 20.2 Å². The maximum atomic E-state index is 12.6. The number of hydrogen-bond donors (Lipinski definition) is 0. The van der Waals surface area contributed by atoms with Crippen molar-refractivity contribution in [1.29, 1.82) is 0 Å². The average Bonchev–Trinajstić information content (AvgIpc) is 3.22. The lowest BCUT2D eigenvalue weighted by molar-refractivity contribution is -0.132. The maximum absolute atomic E-state index is 12.6. The smallest absolute Gasteiger partial charge is 0.354 e. The Hall–Kier alpha value is -2.56. The molecule has 1 aliphatic rings. The lowest BCUT2D eigenvalue weighted by Gasteiger charge is -2.33. The van der Waals surface area contributed by atoms with Gasteiger partial charge in [0.2, 0.25) is 5.91 Å². The zero-order valence-electron chi connectivity index (χ0n) is 16.2. The van der Waals surface area contributed by atoms with E-state index in [0.717, 1.165) is 38.8 Å². The average molecular weight is 368 g/mol. The zero-order valence-corrected chi connectivity index (χ0v) is 16.2. The number of piperidine rings is 1. The van der Waals surface area contributed by atoms with Gasteiger partial charge in [-0.25, -0.2) is 4.79 Å². The van der Waals surface area contributed by atoms with Crippen LogP contribution in [0.1, 0.15) is 53.8 Å². The minimum absolute atomic E-state index is 0.216. The third-order valence-corrected chi connectivity index (χ3v) is 5.44. The molecule has 1 saturated heterocycles. The molecule has 0 N–H and O–H groups in total. The van der Waals surface area contributed by atoms with Gasteiger partial charge in [0.25, 0.3) is 0 Å². The number of aryl methyl sites for hydroxylation is 2. The fourth-order valence-electron chi connectivity index (χ4n) is 3.73. The number of carbonyl (C=O) groups is 2. The van der Waals surface area contributed by atoms with E-state index in [9.17, 15) is 9.59 Å². The van der Waals surface area contributed by atoms with Crippen LogP contribution in [0.5, 0.6) is 0 Å². The molecule has 5 nitrogen and oxygen atoms in total. The van der Waals surface area contributed by atoms with Gasteiger partial charge in [-0.2, -0.15) is 0 Å². The maximum Gasteiger partial charge on any atom is 0.354 e. The van der Waals surface area contributed by atoms with Crippen LogP contribution in [-0.4, -0.2) is 41.5 Å². The van der Waals surface area contributed by atoms with E-state index < -0.39 is 0 Å². The Morgan fingerprint density at radius 2 is 1.74 bits per heavy atom. The van der Waals surface area contributed by atoms with E-state index in [1.807, 2.05) is 21.7 Å². The highest BCUT2D eigenvalue weighted by atomic mass is 16.5. The highest BCUT2D eigenvalue weighted by Crippen LogP contribution is 2.25. The summed E-state index contributed by atoms with van der Waals surface area (Å²) in [7, 11) is 1.40. The van der Waals surface area contributed by atoms with Gasteiger partial charge in [0.15, 0.2) is 0 Å². The van der Waals surface area contributed by atoms with Crippen LogP contribution >= 0.6 is 0 Å². The van der Waals surface area contributed by atoms with Crippen molar-refractivity contribution >= 4 is 11.9 Å². The third kappa shape index (κ3) is 4.59. The second-order valence-corrected chi connectivity index (χ2v) is 7.07. The first-order valence-corrected chi connectivity index (χ1v) is 9.73. The summed E-state index contributed by atoms with van der Waals surface area (Å²) in [6.07, 6.45) is 6.01. The van der Waals surface area contributed by atoms with Crippen LogP contribution < -0.4 is 0 Å². The number of aromatic nitrogens is 1. The van der Waals surface area contributed by atoms with Crippen LogP contribution in [0.25, 0.3) is 0 Å². The van der Waals surface area contributed by atoms with E-state index in [-0.39, 0.29) is 17.9 Å². The topological polar surface area (TPSA) is 51.5 Å². The minimum Gasteiger partial charge on any atom is -0.464 e. The number of benzene rings is 1. The van der Waals surface area contributed by atoms with Crippen LogP contribution in [0, 0.1) is 0 Å². The third-order valence-electron chi connectivity index (χ3n) is 5.44. The molecule has 27 heavy (non-hydrogen) atoms. The fourth-order valence-corrected chi connectivity index (χ4v) is 3.73. The summed E-state index contributed by atoms with van der Waals surface area (Å²) in [4.78, 5) is 26.4. The number of hydrogen-bond acceptors (Lipinski definition) is 3. The van der Waals surface area contributed by atoms with Gasteiger partial charge in [-0.1, -0.05) is 31.2 Å². The summed E-state index contributed by atoms with van der Waals surface area (Å²) >= 11 is 0. The molecule has 0 unspecified atom stereocenters. The minimum atomic E-state index is -0.312. The van der Waals surface area contributed by atoms with Crippen molar-refractivity contribution in [3.05, 3.63) is 59.4 Å². The molecule has 1 aromatic carbocycles. The van der Waals surface area contributed by atoms with Gasteiger partial charge >= 0.3 is 5.97 Å². The van der Waals surface area contributed by atoms with Gasteiger partial charge in [0.1, 0.15) is 5.69 Å². The first-order chi connectivity index (χ1) is 13.1. The molecule has 2 aromatic rings. The number of rotatable bonds is 6. The summed E-state index contributed by atoms with van der Waals surface area (Å²) < 4.78 is 6.84. The molecular weight excluding hydrogens is 340 g/mol. The summed E-state index contributed by atoms with van der Waals surface area (Å²) in [5.74, 6) is -0.0960. The van der Waals surface area contributed by atoms with Crippen molar-refractivity contribution in [2.24, 2.45) is 0 Å². The van der Waals surface area contributed by atoms with Crippen LogP contribution in [-0.2, 0) is 22.4 Å². The molecule has 0 radical (unpaired) electrons. The van der Waals surface area contributed by atoms with E-state index in [4.69, 9.17) is 4.74 Å². The molecular formula is C22H28N2O3. The Labute approximate surface area is 160 Å². The van der Waals surface area contributed by atoms with Crippen molar-refractivity contribution < 1.29 is 14.3 Å².